The lowest BCUT2D eigenvalue weighted by molar-refractivity contribution is -0.121. The highest BCUT2D eigenvalue weighted by Crippen LogP contribution is 2.47. The number of hydrogen-bond donors (Lipinski definition) is 1. The molecule has 0 spiro atoms. The van der Waals surface area contributed by atoms with E-state index >= 15 is 0 Å². The van der Waals surface area contributed by atoms with Gasteiger partial charge < -0.3 is 10.2 Å². The molecule has 7 nitrogen and oxygen atoms in total. The van der Waals surface area contributed by atoms with Gasteiger partial charge in [0.1, 0.15) is 17.1 Å². The summed E-state index contributed by atoms with van der Waals surface area (Å²) < 4.78 is 1.90. The second-order valence-electron chi connectivity index (χ2n) is 7.70. The summed E-state index contributed by atoms with van der Waals surface area (Å²) in [7, 11) is 0. The summed E-state index contributed by atoms with van der Waals surface area (Å²) in [4.78, 5) is 29.2. The quantitative estimate of drug-likeness (QED) is 0.736. The Labute approximate surface area is 169 Å². The van der Waals surface area contributed by atoms with Crippen molar-refractivity contribution in [1.29, 1.82) is 0 Å². The minimum absolute atomic E-state index is 0.0624. The molecule has 0 bridgehead atoms. The smallest absolute Gasteiger partial charge is 0.250 e. The molecule has 2 unspecified atom stereocenters. The highest BCUT2D eigenvalue weighted by molar-refractivity contribution is 6.06. The van der Waals surface area contributed by atoms with Gasteiger partial charge in [-0.1, -0.05) is 44.2 Å². The molecule has 29 heavy (non-hydrogen) atoms. The van der Waals surface area contributed by atoms with Crippen LogP contribution in [-0.4, -0.2) is 37.0 Å². The fourth-order valence-electron chi connectivity index (χ4n) is 4.75. The number of aromatic nitrogens is 4. The van der Waals surface area contributed by atoms with Crippen molar-refractivity contribution in [1.82, 2.24) is 19.5 Å². The number of anilines is 2. The topological polar surface area (TPSA) is 75.9 Å². The Morgan fingerprint density at radius 3 is 2.79 bits per heavy atom. The lowest BCUT2D eigenvalue weighted by Gasteiger charge is -2.44. The minimum atomic E-state index is -0.517. The SMILES string of the molecule is CCC1CCC2(CC)C(=O)Nc3cnc(-n4ccnc4-c4ccccc4)nc3N12. The fourth-order valence-corrected chi connectivity index (χ4v) is 4.75. The van der Waals surface area contributed by atoms with E-state index < -0.39 is 5.54 Å². The van der Waals surface area contributed by atoms with E-state index in [4.69, 9.17) is 4.98 Å². The van der Waals surface area contributed by atoms with Crippen molar-refractivity contribution in [2.75, 3.05) is 10.2 Å². The van der Waals surface area contributed by atoms with Gasteiger partial charge in [-0.2, -0.15) is 4.98 Å². The molecule has 2 aliphatic heterocycles. The van der Waals surface area contributed by atoms with Crippen molar-refractivity contribution in [2.45, 2.75) is 51.1 Å². The number of carbonyl (C=O) groups excluding carboxylic acids is 1. The summed E-state index contributed by atoms with van der Waals surface area (Å²) in [6.07, 6.45) is 8.94. The Morgan fingerprint density at radius 2 is 2.03 bits per heavy atom. The van der Waals surface area contributed by atoms with Crippen LogP contribution in [0.15, 0.2) is 48.9 Å². The summed E-state index contributed by atoms with van der Waals surface area (Å²) in [5.41, 5.74) is 1.17. The first-order chi connectivity index (χ1) is 14.2. The molecule has 2 aromatic heterocycles. The second-order valence-corrected chi connectivity index (χ2v) is 7.70. The number of hydrogen-bond acceptors (Lipinski definition) is 5. The molecule has 2 aliphatic rings. The van der Waals surface area contributed by atoms with E-state index in [1.54, 1.807) is 12.4 Å². The second kappa shape index (κ2) is 6.69. The first kappa shape index (κ1) is 17.8. The van der Waals surface area contributed by atoms with Crippen LogP contribution in [0.1, 0.15) is 39.5 Å². The summed E-state index contributed by atoms with van der Waals surface area (Å²) in [6.45, 7) is 4.26. The Hall–Kier alpha value is -3.22. The lowest BCUT2D eigenvalue weighted by atomic mass is 9.90. The predicted molar refractivity (Wildman–Crippen MR) is 112 cm³/mol. The largest absolute Gasteiger partial charge is 0.337 e. The van der Waals surface area contributed by atoms with Crippen LogP contribution in [-0.2, 0) is 4.79 Å². The van der Waals surface area contributed by atoms with E-state index in [0.29, 0.717) is 17.7 Å². The minimum Gasteiger partial charge on any atom is -0.337 e. The van der Waals surface area contributed by atoms with Crippen molar-refractivity contribution in [3.05, 3.63) is 48.9 Å². The van der Waals surface area contributed by atoms with E-state index in [2.05, 4.69) is 34.0 Å². The van der Waals surface area contributed by atoms with Gasteiger partial charge in [0.05, 0.1) is 6.20 Å². The summed E-state index contributed by atoms with van der Waals surface area (Å²) in [5.74, 6) is 2.23. The molecule has 1 fully saturated rings. The van der Waals surface area contributed by atoms with E-state index in [1.165, 1.54) is 0 Å². The number of imidazole rings is 1. The van der Waals surface area contributed by atoms with Crippen LogP contribution >= 0.6 is 0 Å². The molecule has 1 N–H and O–H groups in total. The van der Waals surface area contributed by atoms with Gasteiger partial charge in [0, 0.05) is 24.0 Å². The highest BCUT2D eigenvalue weighted by atomic mass is 16.2. The van der Waals surface area contributed by atoms with E-state index in [9.17, 15) is 4.79 Å². The standard InChI is InChI=1S/C22H24N6O/c1-3-16-10-11-22(4-2)20(29)25-17-14-24-21(26-19(17)28(16)22)27-13-12-23-18(27)15-8-6-5-7-9-15/h5-9,12-14,16H,3-4,10-11H2,1-2H3,(H,25,29). The summed E-state index contributed by atoms with van der Waals surface area (Å²) in [5, 5.41) is 3.06. The molecule has 0 radical (unpaired) electrons. The monoisotopic (exact) mass is 388 g/mol. The third-order valence-electron chi connectivity index (χ3n) is 6.32. The summed E-state index contributed by atoms with van der Waals surface area (Å²) >= 11 is 0. The zero-order chi connectivity index (χ0) is 20.0. The number of rotatable bonds is 4. The number of benzene rings is 1. The molecule has 5 rings (SSSR count). The molecule has 1 aromatic carbocycles. The molecular formula is C22H24N6O. The van der Waals surface area contributed by atoms with Gasteiger partial charge in [-0.05, 0) is 25.7 Å². The Balaban J connectivity index is 1.64. The van der Waals surface area contributed by atoms with Gasteiger partial charge in [0.2, 0.25) is 11.9 Å². The van der Waals surface area contributed by atoms with E-state index in [0.717, 1.165) is 42.9 Å². The van der Waals surface area contributed by atoms with Crippen LogP contribution in [0.4, 0.5) is 11.5 Å². The van der Waals surface area contributed by atoms with E-state index in [1.807, 2.05) is 41.1 Å². The van der Waals surface area contributed by atoms with Crippen LogP contribution < -0.4 is 10.2 Å². The van der Waals surface area contributed by atoms with Crippen molar-refractivity contribution >= 4 is 17.4 Å². The number of nitrogens with one attached hydrogen (secondary N) is 1. The number of carbonyl (C=O) groups is 1. The van der Waals surface area contributed by atoms with Crippen molar-refractivity contribution < 1.29 is 4.79 Å². The normalized spacial score (nSPS) is 22.9. The van der Waals surface area contributed by atoms with Gasteiger partial charge in [-0.15, -0.1) is 0 Å². The molecule has 0 saturated carbocycles. The maximum Gasteiger partial charge on any atom is 0.250 e. The molecule has 4 heterocycles. The van der Waals surface area contributed by atoms with Crippen LogP contribution in [0.5, 0.6) is 0 Å². The van der Waals surface area contributed by atoms with Gasteiger partial charge in [-0.25, -0.2) is 9.97 Å². The van der Waals surface area contributed by atoms with Crippen LogP contribution in [0.25, 0.3) is 17.3 Å². The molecule has 1 amide bonds. The first-order valence-corrected chi connectivity index (χ1v) is 10.2. The first-order valence-electron chi connectivity index (χ1n) is 10.2. The van der Waals surface area contributed by atoms with E-state index in [-0.39, 0.29) is 5.91 Å². The average Bonchev–Trinajstić information content (AvgIpc) is 3.40. The number of nitrogens with zero attached hydrogens (tertiary/aromatic N) is 5. The molecule has 2 atom stereocenters. The molecule has 7 heteroatoms. The predicted octanol–water partition coefficient (Wildman–Crippen LogP) is 3.81. The van der Waals surface area contributed by atoms with Gasteiger partial charge in [0.15, 0.2) is 5.82 Å². The zero-order valence-electron chi connectivity index (χ0n) is 16.7. The Kier molecular flexibility index (Phi) is 4.12. The molecule has 1 saturated heterocycles. The van der Waals surface area contributed by atoms with Crippen LogP contribution in [0, 0.1) is 0 Å². The maximum absolute atomic E-state index is 13.0. The van der Waals surface area contributed by atoms with Crippen molar-refractivity contribution in [3.8, 4) is 17.3 Å². The Bertz CT molecular complexity index is 1060. The third-order valence-corrected chi connectivity index (χ3v) is 6.32. The Morgan fingerprint density at radius 1 is 1.21 bits per heavy atom. The van der Waals surface area contributed by atoms with Crippen molar-refractivity contribution in [2.24, 2.45) is 0 Å². The summed E-state index contributed by atoms with van der Waals surface area (Å²) in [6, 6.07) is 10.3. The van der Waals surface area contributed by atoms with Crippen LogP contribution in [0.3, 0.4) is 0 Å². The molecule has 3 aromatic rings. The number of fused-ring (bicyclic) bond motifs is 3. The average molecular weight is 388 g/mol. The van der Waals surface area contributed by atoms with Gasteiger partial charge >= 0.3 is 0 Å². The number of amides is 1. The maximum atomic E-state index is 13.0. The van der Waals surface area contributed by atoms with Gasteiger partial charge in [-0.3, -0.25) is 9.36 Å². The van der Waals surface area contributed by atoms with Crippen LogP contribution in [0.2, 0.25) is 0 Å². The highest BCUT2D eigenvalue weighted by Gasteiger charge is 2.53. The lowest BCUT2D eigenvalue weighted by Crippen LogP contribution is -2.58. The zero-order valence-corrected chi connectivity index (χ0v) is 16.7. The van der Waals surface area contributed by atoms with Crippen molar-refractivity contribution in [3.63, 3.8) is 0 Å². The molecular weight excluding hydrogens is 364 g/mol. The third kappa shape index (κ3) is 2.57. The molecule has 0 aliphatic carbocycles. The fraction of sp³-hybridized carbons (Fsp3) is 0.364. The molecule has 148 valence electrons. The van der Waals surface area contributed by atoms with Gasteiger partial charge in [0.25, 0.3) is 0 Å².